The number of hydrogen-bond donors (Lipinski definition) is 1. The van der Waals surface area contributed by atoms with Crippen LogP contribution in [-0.2, 0) is 16.1 Å². The van der Waals surface area contributed by atoms with Crippen LogP contribution in [0.15, 0.2) is 81.9 Å². The van der Waals surface area contributed by atoms with E-state index >= 15 is 0 Å². The van der Waals surface area contributed by atoms with Gasteiger partial charge in [0, 0.05) is 5.56 Å². The Kier molecular flexibility index (Phi) is 9.40. The minimum atomic E-state index is -0.772. The van der Waals surface area contributed by atoms with Crippen molar-refractivity contribution >= 4 is 69.6 Å². The Morgan fingerprint density at radius 1 is 1.00 bits per heavy atom. The van der Waals surface area contributed by atoms with Crippen molar-refractivity contribution in [2.45, 2.75) is 20.5 Å². The van der Waals surface area contributed by atoms with Crippen molar-refractivity contribution in [3.63, 3.8) is 0 Å². The number of aliphatic hydroxyl groups excluding tert-OH is 1. The first-order valence-electron chi connectivity index (χ1n) is 11.7. The van der Waals surface area contributed by atoms with Gasteiger partial charge in [-0.3, -0.25) is 4.79 Å². The molecule has 39 heavy (non-hydrogen) atoms. The van der Waals surface area contributed by atoms with Gasteiger partial charge in [-0.25, -0.2) is 9.79 Å². The Balaban J connectivity index is 1.59. The van der Waals surface area contributed by atoms with Gasteiger partial charge < -0.3 is 14.6 Å². The molecule has 0 bridgehead atoms. The van der Waals surface area contributed by atoms with E-state index in [1.54, 1.807) is 74.5 Å². The van der Waals surface area contributed by atoms with E-state index in [0.29, 0.717) is 36.8 Å². The van der Waals surface area contributed by atoms with Crippen LogP contribution in [0.1, 0.15) is 34.0 Å². The lowest BCUT2D eigenvalue weighted by Gasteiger charge is -2.10. The van der Waals surface area contributed by atoms with Crippen LogP contribution in [0.5, 0.6) is 5.75 Å². The van der Waals surface area contributed by atoms with Crippen molar-refractivity contribution in [3.8, 4) is 5.75 Å². The predicted octanol–water partition coefficient (Wildman–Crippen LogP) is 8.24. The maximum atomic E-state index is 12.9. The number of rotatable bonds is 7. The zero-order valence-corrected chi connectivity index (χ0v) is 23.9. The second-order valence-electron chi connectivity index (χ2n) is 8.32. The topological polar surface area (TPSA) is 85.2 Å². The minimum absolute atomic E-state index is 0.0538. The Bertz CT molecular complexity index is 1550. The predicted molar refractivity (Wildman–Crippen MR) is 157 cm³/mol. The molecule has 1 aliphatic heterocycles. The SMILES string of the molecule is CCOC(=O)C1=C(O)/C(=C/c2ccc(OCc3ccc(Cl)c(Cl)c3)c(Cl)c2)SC1=NC(=O)c1ccccc1C. The largest absolute Gasteiger partial charge is 0.506 e. The number of amides is 1. The van der Waals surface area contributed by atoms with Gasteiger partial charge in [0.2, 0.25) is 0 Å². The first kappa shape index (κ1) is 28.8. The number of esters is 1. The van der Waals surface area contributed by atoms with E-state index in [2.05, 4.69) is 4.99 Å². The molecule has 0 aromatic heterocycles. The molecule has 0 atom stereocenters. The van der Waals surface area contributed by atoms with E-state index in [9.17, 15) is 14.7 Å². The summed E-state index contributed by atoms with van der Waals surface area (Å²) < 4.78 is 10.9. The Morgan fingerprint density at radius 3 is 2.46 bits per heavy atom. The van der Waals surface area contributed by atoms with Crippen molar-refractivity contribution in [1.82, 2.24) is 0 Å². The molecule has 0 radical (unpaired) electrons. The molecule has 6 nitrogen and oxygen atoms in total. The highest BCUT2D eigenvalue weighted by Gasteiger charge is 2.34. The first-order valence-corrected chi connectivity index (χ1v) is 13.7. The third-order valence-corrected chi connectivity index (χ3v) is 7.64. The van der Waals surface area contributed by atoms with E-state index in [1.165, 1.54) is 0 Å². The quantitative estimate of drug-likeness (QED) is 0.274. The fourth-order valence-electron chi connectivity index (χ4n) is 3.62. The van der Waals surface area contributed by atoms with Crippen LogP contribution in [0.2, 0.25) is 15.1 Å². The molecule has 3 aromatic rings. The van der Waals surface area contributed by atoms with Crippen LogP contribution in [0.4, 0.5) is 0 Å². The number of carbonyl (C=O) groups excluding carboxylic acids is 2. The van der Waals surface area contributed by atoms with Crippen molar-refractivity contribution < 1.29 is 24.2 Å². The summed E-state index contributed by atoms with van der Waals surface area (Å²) in [4.78, 5) is 30.0. The number of aryl methyl sites for hydroxylation is 1. The fourth-order valence-corrected chi connectivity index (χ4v) is 5.20. The summed E-state index contributed by atoms with van der Waals surface area (Å²) in [5.41, 5.74) is 2.43. The zero-order chi connectivity index (χ0) is 28.1. The van der Waals surface area contributed by atoms with E-state index < -0.39 is 11.9 Å². The van der Waals surface area contributed by atoms with Crippen LogP contribution < -0.4 is 4.74 Å². The highest BCUT2D eigenvalue weighted by Crippen LogP contribution is 2.40. The number of halogens is 3. The summed E-state index contributed by atoms with van der Waals surface area (Å²) in [6, 6.07) is 17.3. The molecule has 3 aromatic carbocycles. The molecule has 0 saturated carbocycles. The monoisotopic (exact) mass is 601 g/mol. The van der Waals surface area contributed by atoms with Gasteiger partial charge in [-0.05, 0) is 66.9 Å². The normalized spacial score (nSPS) is 15.2. The molecule has 1 amide bonds. The second-order valence-corrected chi connectivity index (χ2v) is 10.6. The minimum Gasteiger partial charge on any atom is -0.506 e. The second kappa shape index (κ2) is 12.7. The van der Waals surface area contributed by atoms with Crippen LogP contribution in [0, 0.1) is 6.92 Å². The number of aliphatic imine (C=N–C) groups is 1. The Labute approximate surface area is 244 Å². The van der Waals surface area contributed by atoms with Gasteiger partial charge in [0.05, 0.1) is 26.6 Å². The summed E-state index contributed by atoms with van der Waals surface area (Å²) in [7, 11) is 0. The van der Waals surface area contributed by atoms with Crippen LogP contribution in [0.3, 0.4) is 0 Å². The van der Waals surface area contributed by atoms with Gasteiger partial charge in [0.25, 0.3) is 5.91 Å². The summed E-state index contributed by atoms with van der Waals surface area (Å²) in [6.07, 6.45) is 1.63. The van der Waals surface area contributed by atoms with Crippen molar-refractivity contribution in [1.29, 1.82) is 0 Å². The highest BCUT2D eigenvalue weighted by molar-refractivity contribution is 8.18. The number of thioether (sulfide) groups is 1. The number of benzene rings is 3. The number of carbonyl (C=O) groups is 2. The van der Waals surface area contributed by atoms with E-state index in [-0.39, 0.29) is 29.6 Å². The molecule has 0 spiro atoms. The lowest BCUT2D eigenvalue weighted by molar-refractivity contribution is -0.138. The molecule has 0 fully saturated rings. The average Bonchev–Trinajstić information content (AvgIpc) is 3.20. The number of nitrogens with zero attached hydrogens (tertiary/aromatic N) is 1. The standard InChI is InChI=1S/C29H22Cl3NO5S/c1-3-37-29(36)25-26(34)24(39-28(25)33-27(35)19-7-5-4-6-16(19)2)14-17-9-11-23(22(32)12-17)38-15-18-8-10-20(30)21(31)13-18/h4-14,34H,3,15H2,1-2H3/b24-14-,33-28?. The van der Waals surface area contributed by atoms with E-state index in [4.69, 9.17) is 44.3 Å². The van der Waals surface area contributed by atoms with Crippen LogP contribution >= 0.6 is 46.6 Å². The number of hydrogen-bond acceptors (Lipinski definition) is 6. The Hall–Kier alpha value is -3.23. The van der Waals surface area contributed by atoms with Gasteiger partial charge in [-0.2, -0.15) is 0 Å². The third kappa shape index (κ3) is 6.86. The molecule has 0 aliphatic carbocycles. The van der Waals surface area contributed by atoms with Gasteiger partial charge >= 0.3 is 5.97 Å². The maximum absolute atomic E-state index is 12.9. The number of ether oxygens (including phenoxy) is 2. The molecule has 0 unspecified atom stereocenters. The molecular formula is C29H22Cl3NO5S. The lowest BCUT2D eigenvalue weighted by Crippen LogP contribution is -2.14. The molecule has 10 heteroatoms. The third-order valence-electron chi connectivity index (χ3n) is 5.58. The molecular weight excluding hydrogens is 581 g/mol. The van der Waals surface area contributed by atoms with Crippen LogP contribution in [-0.4, -0.2) is 28.6 Å². The van der Waals surface area contributed by atoms with Crippen molar-refractivity contribution in [3.05, 3.63) is 114 Å². The molecule has 0 saturated heterocycles. The van der Waals surface area contributed by atoms with Crippen molar-refractivity contribution in [2.75, 3.05) is 6.61 Å². The Morgan fingerprint density at radius 2 is 1.77 bits per heavy atom. The molecule has 1 aliphatic rings. The van der Waals surface area contributed by atoms with Gasteiger partial charge in [0.1, 0.15) is 28.7 Å². The molecule has 1 N–H and O–H groups in total. The van der Waals surface area contributed by atoms with Gasteiger partial charge in [-0.15, -0.1) is 0 Å². The summed E-state index contributed by atoms with van der Waals surface area (Å²) >= 11 is 19.5. The fraction of sp³-hybridized carbons (Fsp3) is 0.138. The smallest absolute Gasteiger partial charge is 0.344 e. The lowest BCUT2D eigenvalue weighted by atomic mass is 10.1. The molecule has 4 rings (SSSR count). The van der Waals surface area contributed by atoms with Gasteiger partial charge in [-0.1, -0.05) is 76.9 Å². The first-order chi connectivity index (χ1) is 18.7. The number of aliphatic hydroxyl groups is 1. The average molecular weight is 603 g/mol. The maximum Gasteiger partial charge on any atom is 0.344 e. The molecule has 1 heterocycles. The van der Waals surface area contributed by atoms with Crippen LogP contribution in [0.25, 0.3) is 6.08 Å². The van der Waals surface area contributed by atoms with Gasteiger partial charge in [0.15, 0.2) is 0 Å². The van der Waals surface area contributed by atoms with E-state index in [1.807, 2.05) is 6.07 Å². The van der Waals surface area contributed by atoms with Crippen molar-refractivity contribution in [2.24, 2.45) is 4.99 Å². The summed E-state index contributed by atoms with van der Waals surface area (Å²) in [5.74, 6) is -1.18. The molecule has 200 valence electrons. The summed E-state index contributed by atoms with van der Waals surface area (Å²) in [6.45, 7) is 3.77. The zero-order valence-electron chi connectivity index (χ0n) is 20.8. The van der Waals surface area contributed by atoms with E-state index in [0.717, 1.165) is 22.9 Å². The summed E-state index contributed by atoms with van der Waals surface area (Å²) in [5, 5.41) is 12.2. The highest BCUT2D eigenvalue weighted by atomic mass is 35.5.